The summed E-state index contributed by atoms with van der Waals surface area (Å²) in [4.78, 5) is 15.0. The molecule has 0 bridgehead atoms. The van der Waals surface area contributed by atoms with Gasteiger partial charge in [0.05, 0.1) is 0 Å². The van der Waals surface area contributed by atoms with E-state index in [2.05, 4.69) is 24.2 Å². The van der Waals surface area contributed by atoms with Crippen molar-refractivity contribution in [2.24, 2.45) is 0 Å². The van der Waals surface area contributed by atoms with Gasteiger partial charge in [-0.1, -0.05) is 37.3 Å². The highest BCUT2D eigenvalue weighted by atomic mass is 16.5. The molecule has 0 spiro atoms. The molecule has 2 N–H and O–H groups in total. The number of benzene rings is 2. The standard InChI is InChI=1S/C26H32N4O2/c1-4-14-29(3)16-13-28-25-11-10-22(17-24(25)20(2)27)30-15-12-23(18-26(30)31)32-19-21-8-6-5-7-9-21/h5-12,15,17-18,27-28H,4,13-14,16,19H2,1-3H3. The van der Waals surface area contributed by atoms with Crippen LogP contribution in [0.25, 0.3) is 5.69 Å². The molecule has 0 amide bonds. The summed E-state index contributed by atoms with van der Waals surface area (Å²) in [5.41, 5.74) is 3.74. The van der Waals surface area contributed by atoms with Crippen molar-refractivity contribution in [2.75, 3.05) is 32.0 Å². The van der Waals surface area contributed by atoms with Crippen molar-refractivity contribution >= 4 is 11.4 Å². The molecule has 0 atom stereocenters. The maximum Gasteiger partial charge on any atom is 0.258 e. The van der Waals surface area contributed by atoms with Gasteiger partial charge in [0, 0.05) is 48.0 Å². The quantitative estimate of drug-likeness (QED) is 0.436. The molecule has 0 aliphatic heterocycles. The van der Waals surface area contributed by atoms with Gasteiger partial charge in [0.15, 0.2) is 0 Å². The summed E-state index contributed by atoms with van der Waals surface area (Å²) in [5.74, 6) is 0.535. The van der Waals surface area contributed by atoms with Crippen molar-refractivity contribution in [1.29, 1.82) is 5.41 Å². The molecule has 32 heavy (non-hydrogen) atoms. The topological polar surface area (TPSA) is 70.3 Å². The Hall–Kier alpha value is -3.38. The fourth-order valence-corrected chi connectivity index (χ4v) is 3.53. The van der Waals surface area contributed by atoms with Gasteiger partial charge in [-0.3, -0.25) is 9.36 Å². The highest BCUT2D eigenvalue weighted by Gasteiger charge is 2.09. The number of pyridine rings is 1. The first-order chi connectivity index (χ1) is 15.5. The van der Waals surface area contributed by atoms with Gasteiger partial charge in [-0.05, 0) is 56.8 Å². The Bertz CT molecular complexity index is 1090. The van der Waals surface area contributed by atoms with Crippen LogP contribution in [0.2, 0.25) is 0 Å². The molecule has 0 fully saturated rings. The summed E-state index contributed by atoms with van der Waals surface area (Å²) in [6.45, 7) is 7.12. The lowest BCUT2D eigenvalue weighted by Crippen LogP contribution is -2.26. The Morgan fingerprint density at radius 2 is 1.88 bits per heavy atom. The smallest absolute Gasteiger partial charge is 0.258 e. The first kappa shape index (κ1) is 23.3. The van der Waals surface area contributed by atoms with Crippen molar-refractivity contribution in [3.05, 3.63) is 88.3 Å². The zero-order chi connectivity index (χ0) is 22.9. The number of hydrogen-bond acceptors (Lipinski definition) is 5. The molecule has 1 aromatic heterocycles. The van der Waals surface area contributed by atoms with E-state index >= 15 is 0 Å². The Morgan fingerprint density at radius 1 is 1.09 bits per heavy atom. The third-order valence-electron chi connectivity index (χ3n) is 5.24. The molecule has 3 aromatic rings. The molecule has 6 heteroatoms. The maximum atomic E-state index is 12.7. The highest BCUT2D eigenvalue weighted by molar-refractivity contribution is 6.01. The van der Waals surface area contributed by atoms with Crippen LogP contribution < -0.4 is 15.6 Å². The number of aromatic nitrogens is 1. The van der Waals surface area contributed by atoms with Crippen molar-refractivity contribution in [3.63, 3.8) is 0 Å². The second-order valence-corrected chi connectivity index (χ2v) is 7.93. The van der Waals surface area contributed by atoms with Crippen LogP contribution in [-0.4, -0.2) is 41.9 Å². The van der Waals surface area contributed by atoms with Gasteiger partial charge in [-0.2, -0.15) is 0 Å². The minimum absolute atomic E-state index is 0.175. The van der Waals surface area contributed by atoms with Crippen LogP contribution in [0.1, 0.15) is 31.4 Å². The molecule has 0 saturated heterocycles. The molecule has 0 aliphatic carbocycles. The maximum absolute atomic E-state index is 12.7. The molecule has 6 nitrogen and oxygen atoms in total. The van der Waals surface area contributed by atoms with Gasteiger partial charge in [0.25, 0.3) is 5.56 Å². The highest BCUT2D eigenvalue weighted by Crippen LogP contribution is 2.21. The number of likely N-dealkylation sites (N-methyl/N-ethyl adjacent to an activating group) is 1. The lowest BCUT2D eigenvalue weighted by atomic mass is 10.1. The summed E-state index contributed by atoms with van der Waals surface area (Å²) in [5, 5.41) is 11.6. The predicted octanol–water partition coefficient (Wildman–Crippen LogP) is 4.56. The number of hydrogen-bond donors (Lipinski definition) is 2. The zero-order valence-corrected chi connectivity index (χ0v) is 19.1. The molecular formula is C26H32N4O2. The van der Waals surface area contributed by atoms with E-state index in [0.717, 1.165) is 48.6 Å². The second-order valence-electron chi connectivity index (χ2n) is 7.93. The second kappa shape index (κ2) is 11.3. The van der Waals surface area contributed by atoms with Gasteiger partial charge in [0.1, 0.15) is 12.4 Å². The lowest BCUT2D eigenvalue weighted by Gasteiger charge is -2.18. The number of ether oxygens (including phenoxy) is 1. The molecule has 0 radical (unpaired) electrons. The third-order valence-corrected chi connectivity index (χ3v) is 5.24. The number of nitrogens with zero attached hydrogens (tertiary/aromatic N) is 2. The lowest BCUT2D eigenvalue weighted by molar-refractivity contribution is 0.305. The fourth-order valence-electron chi connectivity index (χ4n) is 3.53. The van der Waals surface area contributed by atoms with Crippen LogP contribution in [0.4, 0.5) is 5.69 Å². The van der Waals surface area contributed by atoms with E-state index in [1.54, 1.807) is 23.8 Å². The van der Waals surface area contributed by atoms with Crippen molar-refractivity contribution in [2.45, 2.75) is 26.9 Å². The van der Waals surface area contributed by atoms with Crippen molar-refractivity contribution in [1.82, 2.24) is 9.47 Å². The van der Waals surface area contributed by atoms with Crippen molar-refractivity contribution < 1.29 is 4.74 Å². The van der Waals surface area contributed by atoms with Gasteiger partial charge in [-0.25, -0.2) is 0 Å². The van der Waals surface area contributed by atoms with E-state index in [-0.39, 0.29) is 5.56 Å². The average molecular weight is 433 g/mol. The summed E-state index contributed by atoms with van der Waals surface area (Å²) < 4.78 is 7.33. The van der Waals surface area contributed by atoms with Crippen molar-refractivity contribution in [3.8, 4) is 11.4 Å². The average Bonchev–Trinajstić information content (AvgIpc) is 2.79. The molecule has 0 unspecified atom stereocenters. The van der Waals surface area contributed by atoms with Crippen LogP contribution in [0.15, 0.2) is 71.7 Å². The third kappa shape index (κ3) is 6.31. The summed E-state index contributed by atoms with van der Waals surface area (Å²) >= 11 is 0. The van der Waals surface area contributed by atoms with Gasteiger partial charge < -0.3 is 20.4 Å². The van der Waals surface area contributed by atoms with E-state index in [1.807, 2.05) is 48.5 Å². The summed E-state index contributed by atoms with van der Waals surface area (Å²) in [7, 11) is 2.11. The molecule has 2 aromatic carbocycles. The zero-order valence-electron chi connectivity index (χ0n) is 19.1. The SMILES string of the molecule is CCCN(C)CCNc1ccc(-n2ccc(OCc3ccccc3)cc2=O)cc1C(C)=N. The molecule has 1 heterocycles. The number of nitrogens with one attached hydrogen (secondary N) is 2. The van der Waals surface area contributed by atoms with Crippen LogP contribution in [0, 0.1) is 5.41 Å². The molecule has 168 valence electrons. The fraction of sp³-hybridized carbons (Fsp3) is 0.308. The van der Waals surface area contributed by atoms with Crippen LogP contribution >= 0.6 is 0 Å². The van der Waals surface area contributed by atoms with Crippen LogP contribution in [-0.2, 0) is 6.61 Å². The first-order valence-corrected chi connectivity index (χ1v) is 11.0. The minimum atomic E-state index is -0.175. The van der Waals surface area contributed by atoms with Gasteiger partial charge in [0.2, 0.25) is 0 Å². The van der Waals surface area contributed by atoms with E-state index in [1.165, 1.54) is 6.07 Å². The molecule has 0 saturated carbocycles. The summed E-state index contributed by atoms with van der Waals surface area (Å²) in [6.07, 6.45) is 2.84. The Morgan fingerprint density at radius 3 is 2.56 bits per heavy atom. The van der Waals surface area contributed by atoms with E-state index in [0.29, 0.717) is 18.1 Å². The number of anilines is 1. The van der Waals surface area contributed by atoms with E-state index < -0.39 is 0 Å². The first-order valence-electron chi connectivity index (χ1n) is 11.0. The van der Waals surface area contributed by atoms with Gasteiger partial charge >= 0.3 is 0 Å². The Labute approximate surface area is 190 Å². The van der Waals surface area contributed by atoms with E-state index in [9.17, 15) is 4.79 Å². The monoisotopic (exact) mass is 432 g/mol. The molecule has 3 rings (SSSR count). The van der Waals surface area contributed by atoms with Crippen LogP contribution in [0.5, 0.6) is 5.75 Å². The predicted molar refractivity (Wildman–Crippen MR) is 132 cm³/mol. The number of rotatable bonds is 11. The van der Waals surface area contributed by atoms with E-state index in [4.69, 9.17) is 10.1 Å². The van der Waals surface area contributed by atoms with Crippen LogP contribution in [0.3, 0.4) is 0 Å². The molecule has 0 aliphatic rings. The molecular weight excluding hydrogens is 400 g/mol. The largest absolute Gasteiger partial charge is 0.489 e. The summed E-state index contributed by atoms with van der Waals surface area (Å²) in [6, 6.07) is 18.9. The minimum Gasteiger partial charge on any atom is -0.489 e. The normalized spacial score (nSPS) is 10.9. The Balaban J connectivity index is 1.73. The van der Waals surface area contributed by atoms with Gasteiger partial charge in [-0.15, -0.1) is 0 Å². The Kier molecular flexibility index (Phi) is 8.22.